The van der Waals surface area contributed by atoms with Crippen LogP contribution in [0.2, 0.25) is 0 Å². The molecule has 0 saturated heterocycles. The molecule has 0 aliphatic heterocycles. The smallest absolute Gasteiger partial charge is 0.426 e. The predicted octanol–water partition coefficient (Wildman–Crippen LogP) is 0.267. The highest BCUT2D eigenvalue weighted by atomic mass is 16.4. The number of benzene rings is 2. The molecule has 3 aromatic rings. The maximum atomic E-state index is 12.2. The fourth-order valence-electron chi connectivity index (χ4n) is 2.67. The van der Waals surface area contributed by atoms with Crippen molar-refractivity contribution in [2.24, 2.45) is 0 Å². The number of rotatable bonds is 7. The van der Waals surface area contributed by atoms with Gasteiger partial charge in [0.2, 0.25) is 5.91 Å². The van der Waals surface area contributed by atoms with E-state index in [-0.39, 0.29) is 18.9 Å². The molecule has 1 aromatic heterocycles. The maximum absolute atomic E-state index is 12.2. The maximum Gasteiger partial charge on any atom is 0.477 e. The Labute approximate surface area is 156 Å². The molecule has 1 heterocycles. The summed E-state index contributed by atoms with van der Waals surface area (Å²) < 4.78 is 1.45. The largest absolute Gasteiger partial charge is 0.477 e. The molecule has 3 rings (SSSR count). The molecule has 0 fully saturated rings. The number of hydrogen-bond acceptors (Lipinski definition) is 6. The van der Waals surface area contributed by atoms with Crippen molar-refractivity contribution in [1.29, 1.82) is 0 Å². The number of anilines is 1. The summed E-state index contributed by atoms with van der Waals surface area (Å²) in [5.74, 6) is -1.23. The standard InChI is InChI=1S/C18H20BN5O3/c20-15-8-4-7-14(10-15)16-11-24(23-22-16)12-17(19(26)27)21-18(25)9-13-5-2-1-3-6-13/h1-8,10-11,17,26-27H,9,12,20H2,(H,21,25)/t17-/m0/s1. The van der Waals surface area contributed by atoms with E-state index in [2.05, 4.69) is 15.6 Å². The second-order valence-electron chi connectivity index (χ2n) is 6.20. The van der Waals surface area contributed by atoms with E-state index in [1.165, 1.54) is 4.68 Å². The van der Waals surface area contributed by atoms with Crippen molar-refractivity contribution in [3.05, 3.63) is 66.4 Å². The van der Waals surface area contributed by atoms with Crippen LogP contribution in [0.15, 0.2) is 60.8 Å². The molecule has 1 amide bonds. The van der Waals surface area contributed by atoms with Crippen LogP contribution in [0.25, 0.3) is 11.3 Å². The first-order chi connectivity index (χ1) is 13.0. The van der Waals surface area contributed by atoms with Gasteiger partial charge in [-0.15, -0.1) is 5.10 Å². The SMILES string of the molecule is Nc1cccc(-c2cn(C[C@H](NC(=O)Cc3ccccc3)B(O)O)nn2)c1. The average Bonchev–Trinajstić information content (AvgIpc) is 3.10. The van der Waals surface area contributed by atoms with Gasteiger partial charge in [0.05, 0.1) is 25.1 Å². The van der Waals surface area contributed by atoms with Crippen LogP contribution in [0, 0.1) is 0 Å². The van der Waals surface area contributed by atoms with Crippen molar-refractivity contribution in [2.75, 3.05) is 5.73 Å². The van der Waals surface area contributed by atoms with E-state index in [0.717, 1.165) is 11.1 Å². The number of hydrogen-bond donors (Lipinski definition) is 4. The minimum Gasteiger partial charge on any atom is -0.426 e. The molecule has 1 atom stereocenters. The van der Waals surface area contributed by atoms with E-state index in [9.17, 15) is 14.8 Å². The number of aromatic nitrogens is 3. The van der Waals surface area contributed by atoms with Gasteiger partial charge in [0.15, 0.2) is 0 Å². The number of carbonyl (C=O) groups excluding carboxylic acids is 1. The first-order valence-electron chi connectivity index (χ1n) is 8.47. The Bertz CT molecular complexity index is 901. The van der Waals surface area contributed by atoms with Crippen LogP contribution < -0.4 is 11.1 Å². The molecule has 27 heavy (non-hydrogen) atoms. The summed E-state index contributed by atoms with van der Waals surface area (Å²) in [6.45, 7) is 0.0630. The molecule has 2 aromatic carbocycles. The summed E-state index contributed by atoms with van der Waals surface area (Å²) >= 11 is 0. The van der Waals surface area contributed by atoms with Crippen LogP contribution in [0.3, 0.4) is 0 Å². The summed E-state index contributed by atoms with van der Waals surface area (Å²) in [5.41, 5.74) is 8.62. The first-order valence-corrected chi connectivity index (χ1v) is 8.47. The lowest BCUT2D eigenvalue weighted by molar-refractivity contribution is -0.120. The number of nitrogens with one attached hydrogen (secondary N) is 1. The van der Waals surface area contributed by atoms with Crippen molar-refractivity contribution in [3.63, 3.8) is 0 Å². The van der Waals surface area contributed by atoms with Crippen LogP contribution in [0.1, 0.15) is 5.56 Å². The first kappa shape index (κ1) is 18.6. The number of nitrogens with zero attached hydrogens (tertiary/aromatic N) is 3. The molecule has 9 heteroatoms. The van der Waals surface area contributed by atoms with E-state index in [1.54, 1.807) is 18.3 Å². The second-order valence-corrected chi connectivity index (χ2v) is 6.20. The molecule has 0 aliphatic carbocycles. The van der Waals surface area contributed by atoms with Crippen molar-refractivity contribution < 1.29 is 14.8 Å². The van der Waals surface area contributed by atoms with Crippen LogP contribution >= 0.6 is 0 Å². The lowest BCUT2D eigenvalue weighted by Gasteiger charge is -2.17. The summed E-state index contributed by atoms with van der Waals surface area (Å²) in [7, 11) is -1.73. The lowest BCUT2D eigenvalue weighted by atomic mass is 9.79. The third kappa shape index (κ3) is 5.16. The monoisotopic (exact) mass is 365 g/mol. The highest BCUT2D eigenvalue weighted by molar-refractivity contribution is 6.43. The minimum atomic E-state index is -1.73. The summed E-state index contributed by atoms with van der Waals surface area (Å²) in [5, 5.41) is 29.9. The summed E-state index contributed by atoms with van der Waals surface area (Å²) in [4.78, 5) is 12.2. The van der Waals surface area contributed by atoms with E-state index < -0.39 is 13.1 Å². The molecule has 0 aliphatic rings. The number of nitrogens with two attached hydrogens (primary N) is 1. The van der Waals surface area contributed by atoms with E-state index in [4.69, 9.17) is 5.73 Å². The van der Waals surface area contributed by atoms with Gasteiger partial charge in [0, 0.05) is 11.3 Å². The van der Waals surface area contributed by atoms with E-state index in [0.29, 0.717) is 11.4 Å². The third-order valence-corrected chi connectivity index (χ3v) is 4.02. The zero-order valence-electron chi connectivity index (χ0n) is 14.6. The van der Waals surface area contributed by atoms with Crippen LogP contribution in [-0.4, -0.2) is 44.0 Å². The Morgan fingerprint density at radius 3 is 2.67 bits per heavy atom. The van der Waals surface area contributed by atoms with Gasteiger partial charge in [0.25, 0.3) is 0 Å². The minimum absolute atomic E-state index is 0.0630. The Morgan fingerprint density at radius 1 is 1.19 bits per heavy atom. The van der Waals surface area contributed by atoms with E-state index in [1.807, 2.05) is 42.5 Å². The van der Waals surface area contributed by atoms with Crippen LogP contribution in [-0.2, 0) is 17.8 Å². The molecular weight excluding hydrogens is 345 g/mol. The van der Waals surface area contributed by atoms with Gasteiger partial charge in [-0.25, -0.2) is 0 Å². The Balaban J connectivity index is 1.65. The average molecular weight is 365 g/mol. The van der Waals surface area contributed by atoms with Crippen LogP contribution in [0.5, 0.6) is 0 Å². The van der Waals surface area contributed by atoms with Gasteiger partial charge in [-0.05, 0) is 17.7 Å². The van der Waals surface area contributed by atoms with Crippen molar-refractivity contribution in [1.82, 2.24) is 20.3 Å². The fraction of sp³-hybridized carbons (Fsp3) is 0.167. The molecule has 0 radical (unpaired) electrons. The Hall–Kier alpha value is -3.17. The highest BCUT2D eigenvalue weighted by Crippen LogP contribution is 2.18. The molecule has 0 spiro atoms. The lowest BCUT2D eigenvalue weighted by Crippen LogP contribution is -2.49. The Kier molecular flexibility index (Phi) is 5.85. The molecule has 8 nitrogen and oxygen atoms in total. The molecule has 0 saturated carbocycles. The highest BCUT2D eigenvalue weighted by Gasteiger charge is 2.26. The number of nitrogen functional groups attached to an aromatic ring is 1. The second kappa shape index (κ2) is 8.48. The quantitative estimate of drug-likeness (QED) is 0.352. The van der Waals surface area contributed by atoms with Crippen molar-refractivity contribution in [2.45, 2.75) is 18.9 Å². The third-order valence-electron chi connectivity index (χ3n) is 4.02. The molecule has 0 bridgehead atoms. The Morgan fingerprint density at radius 2 is 1.96 bits per heavy atom. The molecule has 138 valence electrons. The van der Waals surface area contributed by atoms with Gasteiger partial charge < -0.3 is 21.1 Å². The predicted molar refractivity (Wildman–Crippen MR) is 102 cm³/mol. The zero-order chi connectivity index (χ0) is 19.2. The van der Waals surface area contributed by atoms with Gasteiger partial charge in [0.1, 0.15) is 5.69 Å². The van der Waals surface area contributed by atoms with Crippen LogP contribution in [0.4, 0.5) is 5.69 Å². The zero-order valence-corrected chi connectivity index (χ0v) is 14.6. The van der Waals surface area contributed by atoms with E-state index >= 15 is 0 Å². The van der Waals surface area contributed by atoms with Gasteiger partial charge in [-0.1, -0.05) is 47.7 Å². The summed E-state index contributed by atoms with van der Waals surface area (Å²) in [6, 6.07) is 16.4. The van der Waals surface area contributed by atoms with Gasteiger partial charge >= 0.3 is 7.12 Å². The number of carbonyl (C=O) groups is 1. The fourth-order valence-corrected chi connectivity index (χ4v) is 2.67. The van der Waals surface area contributed by atoms with Crippen molar-refractivity contribution >= 4 is 18.7 Å². The summed E-state index contributed by atoms with van der Waals surface area (Å²) in [6.07, 6.45) is 1.81. The van der Waals surface area contributed by atoms with Gasteiger partial charge in [-0.2, -0.15) is 0 Å². The molecule has 0 unspecified atom stereocenters. The number of amides is 1. The molecule has 5 N–H and O–H groups in total. The topological polar surface area (TPSA) is 126 Å². The molecular formula is C18H20BN5O3. The normalized spacial score (nSPS) is 11.8. The van der Waals surface area contributed by atoms with Gasteiger partial charge in [-0.3, -0.25) is 9.48 Å². The van der Waals surface area contributed by atoms with Crippen molar-refractivity contribution in [3.8, 4) is 11.3 Å².